The van der Waals surface area contributed by atoms with Crippen molar-refractivity contribution in [3.05, 3.63) is 164 Å². The third-order valence-corrected chi connectivity index (χ3v) is 20.1. The van der Waals surface area contributed by atoms with Crippen molar-refractivity contribution in [3.8, 4) is 0 Å². The van der Waals surface area contributed by atoms with Gasteiger partial charge in [-0.25, -0.2) is 0 Å². The number of benzene rings is 5. The maximum atomic E-state index is 12.2. The number of hydrogen-bond acceptors (Lipinski definition) is 5. The summed E-state index contributed by atoms with van der Waals surface area (Å²) in [5.74, 6) is 10.9. The highest BCUT2D eigenvalue weighted by Crippen LogP contribution is 2.42. The van der Waals surface area contributed by atoms with Gasteiger partial charge < -0.3 is 36.8 Å². The average Bonchev–Trinajstić information content (AvgIpc) is 4.38. The highest BCUT2D eigenvalue weighted by Gasteiger charge is 2.33. The summed E-state index contributed by atoms with van der Waals surface area (Å²) in [7, 11) is 0. The molecule has 5 aromatic carbocycles. The molecule has 9 nitrogen and oxygen atoms in total. The molecule has 0 amide bonds. The molecular formula is C66H80Br5ClN8O. The first-order chi connectivity index (χ1) is 38.1. The smallest absolute Gasteiger partial charge is 0.179 e. The molecule has 4 aromatic heterocycles. The number of halogens is 6. The van der Waals surface area contributed by atoms with Crippen molar-refractivity contribution in [1.29, 1.82) is 0 Å². The van der Waals surface area contributed by atoms with E-state index in [-0.39, 0.29) is 30.3 Å². The molecular weight excluding hydrogens is 1360 g/mol. The lowest BCUT2D eigenvalue weighted by atomic mass is 9.78. The van der Waals surface area contributed by atoms with Gasteiger partial charge in [0.1, 0.15) is 0 Å². The minimum Gasteiger partial charge on any atom is -0.358 e. The predicted octanol–water partition coefficient (Wildman–Crippen LogP) is 19.5. The van der Waals surface area contributed by atoms with Gasteiger partial charge in [-0.15, -0.1) is 12.4 Å². The van der Waals surface area contributed by atoms with Gasteiger partial charge in [-0.2, -0.15) is 0 Å². The van der Waals surface area contributed by atoms with Gasteiger partial charge in [-0.1, -0.05) is 135 Å². The zero-order valence-electron chi connectivity index (χ0n) is 47.8. The van der Waals surface area contributed by atoms with Gasteiger partial charge in [0.2, 0.25) is 0 Å². The lowest BCUT2D eigenvalue weighted by Gasteiger charge is -2.29. The van der Waals surface area contributed by atoms with Crippen molar-refractivity contribution in [2.75, 3.05) is 5.43 Å². The fourth-order valence-corrected chi connectivity index (χ4v) is 14.2. The van der Waals surface area contributed by atoms with E-state index >= 15 is 0 Å². The van der Waals surface area contributed by atoms with E-state index in [2.05, 4.69) is 221 Å². The first-order valence-electron chi connectivity index (χ1n) is 28.6. The molecule has 13 rings (SSSR count). The van der Waals surface area contributed by atoms with Gasteiger partial charge in [-0.05, 0) is 218 Å². The van der Waals surface area contributed by atoms with Crippen LogP contribution < -0.4 is 22.7 Å². The molecule has 0 spiro atoms. The number of nitrogens with two attached hydrogens (primary N) is 3. The third kappa shape index (κ3) is 14.7. The Morgan fingerprint density at radius 2 is 0.827 bits per heavy atom. The maximum Gasteiger partial charge on any atom is 0.179 e. The molecule has 0 radical (unpaired) electrons. The Morgan fingerprint density at radius 3 is 1.26 bits per heavy atom. The van der Waals surface area contributed by atoms with E-state index in [1.807, 2.05) is 36.4 Å². The molecule has 0 bridgehead atoms. The van der Waals surface area contributed by atoms with Crippen LogP contribution in [0.2, 0.25) is 0 Å². The van der Waals surface area contributed by atoms with Crippen LogP contribution in [0.1, 0.15) is 143 Å². The van der Waals surface area contributed by atoms with E-state index in [1.54, 1.807) is 5.56 Å². The number of hydrogen-bond donors (Lipinski definition) is 8. The molecule has 0 saturated heterocycles. The number of nitrogens with one attached hydrogen (secondary N) is 5. The summed E-state index contributed by atoms with van der Waals surface area (Å²) in [4.78, 5) is 26.1. The Balaban J connectivity index is 0.000000134. The van der Waals surface area contributed by atoms with Crippen molar-refractivity contribution < 1.29 is 4.79 Å². The summed E-state index contributed by atoms with van der Waals surface area (Å²) in [6.07, 6.45) is 9.96. The molecule has 4 heterocycles. The van der Waals surface area contributed by atoms with Gasteiger partial charge in [-0.3, -0.25) is 10.6 Å². The summed E-state index contributed by atoms with van der Waals surface area (Å²) in [6.45, 7) is 18.3. The minimum atomic E-state index is 0. The van der Waals surface area contributed by atoms with Crippen molar-refractivity contribution in [3.63, 3.8) is 0 Å². The number of nitrogen functional groups attached to an aromatic ring is 1. The number of aromatic nitrogens is 4. The second kappa shape index (κ2) is 27.6. The topological polar surface area (TPSA) is 170 Å². The molecule has 4 aliphatic rings. The van der Waals surface area contributed by atoms with Crippen LogP contribution in [0.4, 0.5) is 5.69 Å². The van der Waals surface area contributed by atoms with E-state index in [0.29, 0.717) is 41.9 Å². The molecule has 9 aromatic rings. The number of ketones is 1. The lowest BCUT2D eigenvalue weighted by Crippen LogP contribution is -2.26. The second-order valence-corrected chi connectivity index (χ2v) is 28.8. The Bertz CT molecular complexity index is 3510. The summed E-state index contributed by atoms with van der Waals surface area (Å²) < 4.78 is 5.57. The van der Waals surface area contributed by atoms with Gasteiger partial charge in [0.15, 0.2) is 5.78 Å². The number of aryl methyl sites for hydroxylation is 1. The van der Waals surface area contributed by atoms with E-state index in [0.717, 1.165) is 78.7 Å². The standard InChI is InChI=1S/2C15H19BrN2.C15H16BrNO.C15H18BrN.C6H7BrN2.ClH/c2*1-8(2)9-5-12-11-7-10(16)3-4-14(11)18-15(12)13(17)6-9;1-8(2)9-5-12-11-7-10(16)3-4-13(11)17-15(12)14(18)6-9;1-9(2)10-3-5-14-12(7-10)13-8-11(16)4-6-15(13)17-14;7-5-1-3-6(9-8)4-2-5;/h2*3-4,7-9,13,18H,5-6,17H2,1-2H3;3-4,7-9,17H,5-6H2,1-2H3;4,6,8-10,17H,3,5,7H2,1-2H3;1-4,9H,8H2;1H. The Kier molecular flexibility index (Phi) is 21.5. The third-order valence-electron chi connectivity index (χ3n) is 17.6. The zero-order valence-corrected chi connectivity index (χ0v) is 56.6. The number of Topliss-reactive ketones (excluding diaryl/α,β-unsaturated/α-hetero) is 1. The molecule has 15 heteroatoms. The zero-order chi connectivity index (χ0) is 57.3. The SMILES string of the molecule is CC(C)C1CC(=O)c2[nH]c3ccc(Br)cc3c2C1.CC(C)C1CCc2[nH]c3ccc(Br)cc3c2C1.CC(C)C1Cc2c([nH]c3ccc(Br)cc23)C(N)C1.CC(C)C1Cc2c([nH]c3ccc(Br)cc23)C(N)C1.Cl.NNc1ccc(Br)cc1. The Labute approximate surface area is 527 Å². The number of H-pyrrole nitrogens is 4. The van der Waals surface area contributed by atoms with Crippen LogP contribution in [0, 0.1) is 47.3 Å². The molecule has 4 aliphatic carbocycles. The van der Waals surface area contributed by atoms with Crippen molar-refractivity contribution in [1.82, 2.24) is 19.9 Å². The lowest BCUT2D eigenvalue weighted by molar-refractivity contribution is 0.0929. The fraction of sp³-hybridized carbons (Fsp3) is 0.409. The minimum absolute atomic E-state index is 0. The van der Waals surface area contributed by atoms with Gasteiger partial charge in [0.05, 0.1) is 5.69 Å². The average molecular weight is 1440 g/mol. The van der Waals surface area contributed by atoms with Crippen molar-refractivity contribution in [2.24, 2.45) is 64.7 Å². The summed E-state index contributed by atoms with van der Waals surface area (Å²) in [5, 5.41) is 5.28. The van der Waals surface area contributed by atoms with Crippen LogP contribution in [-0.2, 0) is 32.1 Å². The van der Waals surface area contributed by atoms with E-state index in [1.165, 1.54) is 95.6 Å². The number of rotatable bonds is 5. The van der Waals surface area contributed by atoms with E-state index in [4.69, 9.17) is 17.3 Å². The Hall–Kier alpha value is -3.70. The molecule has 11 N–H and O–H groups in total. The highest BCUT2D eigenvalue weighted by atomic mass is 79.9. The van der Waals surface area contributed by atoms with Crippen molar-refractivity contribution in [2.45, 2.75) is 125 Å². The first-order valence-corrected chi connectivity index (χ1v) is 32.6. The van der Waals surface area contributed by atoms with Crippen LogP contribution in [0.3, 0.4) is 0 Å². The van der Waals surface area contributed by atoms with Gasteiger partial charge in [0.25, 0.3) is 0 Å². The number of aromatic amines is 4. The number of hydrazine groups is 1. The molecule has 81 heavy (non-hydrogen) atoms. The molecule has 6 atom stereocenters. The van der Waals surface area contributed by atoms with Crippen LogP contribution >= 0.6 is 92.1 Å². The van der Waals surface area contributed by atoms with Crippen LogP contribution in [0.25, 0.3) is 43.6 Å². The van der Waals surface area contributed by atoms with Crippen LogP contribution in [0.15, 0.2) is 119 Å². The van der Waals surface area contributed by atoms with E-state index < -0.39 is 0 Å². The molecule has 0 saturated carbocycles. The largest absolute Gasteiger partial charge is 0.358 e. The Morgan fingerprint density at radius 1 is 0.457 bits per heavy atom. The summed E-state index contributed by atoms with van der Waals surface area (Å²) in [6, 6.07) is 33.5. The normalized spacial score (nSPS) is 20.0. The molecule has 0 fully saturated rings. The first kappa shape index (κ1) is 63.3. The molecule has 432 valence electrons. The van der Waals surface area contributed by atoms with Crippen LogP contribution in [0.5, 0.6) is 0 Å². The number of carbonyl (C=O) groups is 1. The highest BCUT2D eigenvalue weighted by molar-refractivity contribution is 9.11. The second-order valence-electron chi connectivity index (χ2n) is 24.2. The monoisotopic (exact) mass is 1430 g/mol. The summed E-state index contributed by atoms with van der Waals surface area (Å²) >= 11 is 17.5. The van der Waals surface area contributed by atoms with Crippen LogP contribution in [-0.4, -0.2) is 25.7 Å². The van der Waals surface area contributed by atoms with Gasteiger partial charge >= 0.3 is 0 Å². The summed E-state index contributed by atoms with van der Waals surface area (Å²) in [5.41, 5.74) is 31.3. The van der Waals surface area contributed by atoms with E-state index in [9.17, 15) is 4.79 Å². The van der Waals surface area contributed by atoms with Gasteiger partial charge in [0, 0.05) is 107 Å². The maximum absolute atomic E-state index is 12.2. The number of carbonyl (C=O) groups excluding carboxylic acids is 1. The number of anilines is 1. The quantitative estimate of drug-likeness (QED) is 0.0633. The molecule has 0 aliphatic heterocycles. The molecule has 6 unspecified atom stereocenters. The van der Waals surface area contributed by atoms with Crippen molar-refractivity contribution >= 4 is 147 Å². The number of fused-ring (bicyclic) bond motifs is 12. The predicted molar refractivity (Wildman–Crippen MR) is 362 cm³/mol. The fourth-order valence-electron chi connectivity index (χ4n) is 12.5.